The Balaban J connectivity index is 3.17. The largest absolute Gasteiger partial charge is 0.374 e. The minimum Gasteiger partial charge on any atom is -0.374 e. The summed E-state index contributed by atoms with van der Waals surface area (Å²) in [5, 5.41) is 0. The Labute approximate surface area is 64.1 Å². The second kappa shape index (κ2) is 6.81. The van der Waals surface area contributed by atoms with Crippen molar-refractivity contribution < 1.29 is 4.74 Å². The Kier molecular flexibility index (Phi) is 6.61. The highest BCUT2D eigenvalue weighted by Gasteiger charge is 1.97. The van der Waals surface area contributed by atoms with Crippen LogP contribution in [0, 0.1) is 0 Å². The summed E-state index contributed by atoms with van der Waals surface area (Å²) in [6, 6.07) is 0. The fourth-order valence-electron chi connectivity index (χ4n) is 0.732. The van der Waals surface area contributed by atoms with E-state index in [0.717, 1.165) is 19.4 Å². The molecule has 60 valence electrons. The van der Waals surface area contributed by atoms with Gasteiger partial charge in [0.25, 0.3) is 0 Å². The van der Waals surface area contributed by atoms with Crippen LogP contribution >= 0.6 is 0 Å². The van der Waals surface area contributed by atoms with Gasteiger partial charge in [-0.2, -0.15) is 0 Å². The van der Waals surface area contributed by atoms with Crippen molar-refractivity contribution >= 4 is 0 Å². The quantitative estimate of drug-likeness (QED) is 0.409. The van der Waals surface area contributed by atoms with Crippen molar-refractivity contribution in [2.24, 2.45) is 0 Å². The van der Waals surface area contributed by atoms with Crippen LogP contribution in [-0.2, 0) is 4.74 Å². The summed E-state index contributed by atoms with van der Waals surface area (Å²) in [6.45, 7) is 8.84. The molecule has 1 unspecified atom stereocenters. The summed E-state index contributed by atoms with van der Waals surface area (Å²) in [7, 11) is 0. The van der Waals surface area contributed by atoms with Gasteiger partial charge >= 0.3 is 0 Å². The number of ether oxygens (including phenoxy) is 1. The highest BCUT2D eigenvalue weighted by Crippen LogP contribution is 2.00. The molecule has 0 rings (SSSR count). The van der Waals surface area contributed by atoms with Crippen LogP contribution in [0.1, 0.15) is 33.1 Å². The first-order valence-electron chi connectivity index (χ1n) is 4.09. The maximum absolute atomic E-state index is 5.46. The monoisotopic (exact) mass is 142 g/mol. The molecule has 0 saturated carbocycles. The summed E-state index contributed by atoms with van der Waals surface area (Å²) >= 11 is 0. The van der Waals surface area contributed by atoms with Gasteiger partial charge in [0.05, 0.1) is 6.10 Å². The molecule has 0 heterocycles. The zero-order valence-corrected chi connectivity index (χ0v) is 7.10. The molecule has 1 nitrogen and oxygen atoms in total. The van der Waals surface area contributed by atoms with Gasteiger partial charge < -0.3 is 4.74 Å². The maximum atomic E-state index is 5.46. The molecule has 0 aromatic rings. The van der Waals surface area contributed by atoms with Gasteiger partial charge in [-0.3, -0.25) is 0 Å². The van der Waals surface area contributed by atoms with E-state index in [0.29, 0.717) is 0 Å². The van der Waals surface area contributed by atoms with Crippen molar-refractivity contribution in [1.29, 1.82) is 0 Å². The van der Waals surface area contributed by atoms with Crippen LogP contribution in [0.5, 0.6) is 0 Å². The summed E-state index contributed by atoms with van der Waals surface area (Å²) in [4.78, 5) is 0. The van der Waals surface area contributed by atoms with E-state index in [2.05, 4.69) is 20.4 Å². The minimum atomic E-state index is 0.270. The van der Waals surface area contributed by atoms with Crippen LogP contribution < -0.4 is 0 Å². The lowest BCUT2D eigenvalue weighted by Crippen LogP contribution is -2.08. The molecule has 0 spiro atoms. The highest BCUT2D eigenvalue weighted by molar-refractivity contribution is 4.78. The van der Waals surface area contributed by atoms with Gasteiger partial charge in [-0.05, 0) is 12.8 Å². The number of unbranched alkanes of at least 4 members (excludes halogenated alkanes) is 1. The van der Waals surface area contributed by atoms with Gasteiger partial charge in [0, 0.05) is 6.61 Å². The zero-order valence-electron chi connectivity index (χ0n) is 7.10. The average molecular weight is 142 g/mol. The molecular formula is C9H18O. The van der Waals surface area contributed by atoms with Crippen LogP contribution in [0.2, 0.25) is 0 Å². The van der Waals surface area contributed by atoms with Crippen LogP contribution in [-0.4, -0.2) is 12.7 Å². The van der Waals surface area contributed by atoms with E-state index in [1.54, 1.807) is 0 Å². The predicted octanol–water partition coefficient (Wildman–Crippen LogP) is 2.77. The maximum Gasteiger partial charge on any atom is 0.0750 e. The average Bonchev–Trinajstić information content (AvgIpc) is 1.99. The summed E-state index contributed by atoms with van der Waals surface area (Å²) in [5.41, 5.74) is 0. The van der Waals surface area contributed by atoms with Crippen molar-refractivity contribution in [3.8, 4) is 0 Å². The van der Waals surface area contributed by atoms with E-state index < -0.39 is 0 Å². The molecule has 0 radical (unpaired) electrons. The molecule has 0 aromatic carbocycles. The summed E-state index contributed by atoms with van der Waals surface area (Å²) in [5.74, 6) is 0. The van der Waals surface area contributed by atoms with Gasteiger partial charge in [0.15, 0.2) is 0 Å². The van der Waals surface area contributed by atoms with Crippen LogP contribution in [0.15, 0.2) is 12.7 Å². The molecule has 0 aliphatic carbocycles. The van der Waals surface area contributed by atoms with Crippen molar-refractivity contribution in [3.63, 3.8) is 0 Å². The lowest BCUT2D eigenvalue weighted by molar-refractivity contribution is 0.0808. The Bertz CT molecular complexity index is 78.8. The zero-order chi connectivity index (χ0) is 7.82. The normalized spacial score (nSPS) is 13.0. The van der Waals surface area contributed by atoms with Crippen molar-refractivity contribution in [1.82, 2.24) is 0 Å². The SMILES string of the molecule is C=CC(CC)OCCCC. The smallest absolute Gasteiger partial charge is 0.0750 e. The summed E-state index contributed by atoms with van der Waals surface area (Å²) < 4.78 is 5.46. The molecule has 0 fully saturated rings. The lowest BCUT2D eigenvalue weighted by Gasteiger charge is -2.09. The molecule has 0 aromatic heterocycles. The third-order valence-corrected chi connectivity index (χ3v) is 1.50. The van der Waals surface area contributed by atoms with Gasteiger partial charge in [-0.25, -0.2) is 0 Å². The van der Waals surface area contributed by atoms with E-state index in [1.807, 2.05) is 6.08 Å². The fourth-order valence-corrected chi connectivity index (χ4v) is 0.732. The molecule has 1 atom stereocenters. The van der Waals surface area contributed by atoms with Crippen molar-refractivity contribution in [2.45, 2.75) is 39.2 Å². The first-order valence-corrected chi connectivity index (χ1v) is 4.09. The Morgan fingerprint density at radius 2 is 2.20 bits per heavy atom. The van der Waals surface area contributed by atoms with Crippen LogP contribution in [0.25, 0.3) is 0 Å². The predicted molar refractivity (Wildman–Crippen MR) is 45.1 cm³/mol. The molecule has 0 amide bonds. The third kappa shape index (κ3) is 4.57. The molecule has 0 N–H and O–H groups in total. The lowest BCUT2D eigenvalue weighted by atomic mass is 10.3. The summed E-state index contributed by atoms with van der Waals surface area (Å²) in [6.07, 6.45) is 5.53. The second-order valence-corrected chi connectivity index (χ2v) is 2.41. The third-order valence-electron chi connectivity index (χ3n) is 1.50. The fraction of sp³-hybridized carbons (Fsp3) is 0.778. The standard InChI is InChI=1S/C9H18O/c1-4-7-8-10-9(5-2)6-3/h5,9H,2,4,6-8H2,1,3H3. The van der Waals surface area contributed by atoms with E-state index in [4.69, 9.17) is 4.74 Å². The molecule has 0 bridgehead atoms. The molecular weight excluding hydrogens is 124 g/mol. The van der Waals surface area contributed by atoms with Gasteiger partial charge in [0.2, 0.25) is 0 Å². The van der Waals surface area contributed by atoms with Gasteiger partial charge in [-0.1, -0.05) is 26.3 Å². The van der Waals surface area contributed by atoms with Gasteiger partial charge in [-0.15, -0.1) is 6.58 Å². The van der Waals surface area contributed by atoms with E-state index in [9.17, 15) is 0 Å². The Morgan fingerprint density at radius 1 is 1.50 bits per heavy atom. The van der Waals surface area contributed by atoms with E-state index in [-0.39, 0.29) is 6.10 Å². The molecule has 1 heteroatoms. The Hall–Kier alpha value is -0.300. The molecule has 10 heavy (non-hydrogen) atoms. The Morgan fingerprint density at radius 3 is 2.60 bits per heavy atom. The number of hydrogen-bond acceptors (Lipinski definition) is 1. The topological polar surface area (TPSA) is 9.23 Å². The van der Waals surface area contributed by atoms with Crippen molar-refractivity contribution in [2.75, 3.05) is 6.61 Å². The molecule has 0 saturated heterocycles. The first-order chi connectivity index (χ1) is 4.85. The first kappa shape index (κ1) is 9.70. The number of hydrogen-bond donors (Lipinski definition) is 0. The van der Waals surface area contributed by atoms with Gasteiger partial charge in [0.1, 0.15) is 0 Å². The molecule has 0 aliphatic heterocycles. The second-order valence-electron chi connectivity index (χ2n) is 2.41. The van der Waals surface area contributed by atoms with Crippen LogP contribution in [0.3, 0.4) is 0 Å². The molecule has 0 aliphatic rings. The number of rotatable bonds is 6. The van der Waals surface area contributed by atoms with E-state index in [1.165, 1.54) is 6.42 Å². The highest BCUT2D eigenvalue weighted by atomic mass is 16.5. The van der Waals surface area contributed by atoms with Crippen molar-refractivity contribution in [3.05, 3.63) is 12.7 Å². The van der Waals surface area contributed by atoms with Crippen LogP contribution in [0.4, 0.5) is 0 Å². The minimum absolute atomic E-state index is 0.270. The van der Waals surface area contributed by atoms with E-state index >= 15 is 0 Å².